The van der Waals surface area contributed by atoms with Crippen LogP contribution in [-0.2, 0) is 20.7 Å². The van der Waals surface area contributed by atoms with E-state index in [-0.39, 0.29) is 20.7 Å². The SMILES string of the molecule is CC(C)(C)c1cc(/C=C(/C#N)S(=O)(=O)c2cc(Cl)ccc2Cl)cc(C(C)(C)C)c1O. The van der Waals surface area contributed by atoms with Crippen molar-refractivity contribution < 1.29 is 13.5 Å². The van der Waals surface area contributed by atoms with Crippen molar-refractivity contribution in [1.29, 1.82) is 5.26 Å². The summed E-state index contributed by atoms with van der Waals surface area (Å²) >= 11 is 12.0. The molecule has 0 aromatic heterocycles. The van der Waals surface area contributed by atoms with Crippen molar-refractivity contribution >= 4 is 39.1 Å². The van der Waals surface area contributed by atoms with E-state index in [4.69, 9.17) is 23.2 Å². The summed E-state index contributed by atoms with van der Waals surface area (Å²) in [7, 11) is -4.19. The molecular weight excluding hydrogens is 441 g/mol. The standard InChI is InChI=1S/C23H25Cl2NO3S/c1-22(2,3)17-10-14(11-18(21(17)27)23(4,5)6)9-16(13-26)30(28,29)20-12-15(24)7-8-19(20)25/h7-12,27H,1-6H3/b16-9-. The molecule has 0 aliphatic heterocycles. The summed E-state index contributed by atoms with van der Waals surface area (Å²) in [6, 6.07) is 9.26. The maximum absolute atomic E-state index is 13.1. The molecule has 0 bridgehead atoms. The number of nitrogens with zero attached hydrogens (tertiary/aromatic N) is 1. The molecule has 0 fully saturated rings. The maximum atomic E-state index is 13.1. The summed E-state index contributed by atoms with van der Waals surface area (Å²) in [5.74, 6) is 0.173. The number of halogens is 2. The molecule has 30 heavy (non-hydrogen) atoms. The van der Waals surface area contributed by atoms with Crippen molar-refractivity contribution in [2.24, 2.45) is 0 Å². The van der Waals surface area contributed by atoms with Gasteiger partial charge in [0.1, 0.15) is 16.7 Å². The molecule has 0 saturated heterocycles. The van der Waals surface area contributed by atoms with Crippen molar-refractivity contribution in [2.45, 2.75) is 57.3 Å². The molecule has 2 aromatic rings. The third kappa shape index (κ3) is 5.00. The molecule has 0 unspecified atom stereocenters. The summed E-state index contributed by atoms with van der Waals surface area (Å²) in [4.78, 5) is -0.688. The van der Waals surface area contributed by atoms with Gasteiger partial charge in [-0.15, -0.1) is 0 Å². The van der Waals surface area contributed by atoms with Gasteiger partial charge >= 0.3 is 0 Å². The van der Waals surface area contributed by atoms with Crippen LogP contribution >= 0.6 is 23.2 Å². The minimum absolute atomic E-state index is 0.0167. The number of allylic oxidation sites excluding steroid dienone is 1. The average Bonchev–Trinajstić information content (AvgIpc) is 2.60. The van der Waals surface area contributed by atoms with Crippen molar-refractivity contribution in [3.63, 3.8) is 0 Å². The van der Waals surface area contributed by atoms with E-state index in [1.165, 1.54) is 24.3 Å². The van der Waals surface area contributed by atoms with Gasteiger partial charge in [-0.1, -0.05) is 64.7 Å². The topological polar surface area (TPSA) is 78.2 Å². The lowest BCUT2D eigenvalue weighted by atomic mass is 9.78. The van der Waals surface area contributed by atoms with Gasteiger partial charge in [-0.25, -0.2) is 8.42 Å². The molecule has 0 aliphatic carbocycles. The predicted octanol–water partition coefficient (Wildman–Crippen LogP) is 6.63. The highest BCUT2D eigenvalue weighted by atomic mass is 35.5. The van der Waals surface area contributed by atoms with Crippen LogP contribution in [0, 0.1) is 11.3 Å². The number of nitriles is 1. The van der Waals surface area contributed by atoms with Gasteiger partial charge in [0.2, 0.25) is 9.84 Å². The predicted molar refractivity (Wildman–Crippen MR) is 123 cm³/mol. The third-order valence-electron chi connectivity index (χ3n) is 4.63. The van der Waals surface area contributed by atoms with Crippen molar-refractivity contribution in [1.82, 2.24) is 0 Å². The monoisotopic (exact) mass is 465 g/mol. The van der Waals surface area contributed by atoms with Gasteiger partial charge in [-0.3, -0.25) is 0 Å². The normalized spacial score (nSPS) is 13.2. The molecule has 0 heterocycles. The number of benzene rings is 2. The van der Waals surface area contributed by atoms with E-state index in [9.17, 15) is 18.8 Å². The quantitative estimate of drug-likeness (QED) is 0.515. The Balaban J connectivity index is 2.79. The zero-order chi connectivity index (χ0) is 23.1. The van der Waals surface area contributed by atoms with E-state index >= 15 is 0 Å². The van der Waals surface area contributed by atoms with E-state index in [1.54, 1.807) is 18.2 Å². The van der Waals surface area contributed by atoms with E-state index < -0.39 is 25.6 Å². The minimum Gasteiger partial charge on any atom is -0.507 e. The molecule has 2 aromatic carbocycles. The summed E-state index contributed by atoms with van der Waals surface area (Å²) in [5, 5.41) is 20.7. The first-order valence-electron chi connectivity index (χ1n) is 9.29. The number of phenols is 1. The van der Waals surface area contributed by atoms with Crippen molar-refractivity contribution in [3.05, 3.63) is 62.0 Å². The number of sulfone groups is 1. The van der Waals surface area contributed by atoms with E-state index in [2.05, 4.69) is 0 Å². The summed E-state index contributed by atoms with van der Waals surface area (Å²) < 4.78 is 26.2. The first-order valence-corrected chi connectivity index (χ1v) is 11.5. The Labute approximate surface area is 188 Å². The van der Waals surface area contributed by atoms with Crippen molar-refractivity contribution in [3.8, 4) is 11.8 Å². The zero-order valence-corrected chi connectivity index (χ0v) is 20.2. The van der Waals surface area contributed by atoms with Crippen LogP contribution in [0.15, 0.2) is 40.1 Å². The Hall–Kier alpha value is -2.00. The lowest BCUT2D eigenvalue weighted by Crippen LogP contribution is -2.17. The van der Waals surface area contributed by atoms with Crippen LogP contribution in [0.2, 0.25) is 10.0 Å². The Morgan fingerprint density at radius 2 is 1.50 bits per heavy atom. The lowest BCUT2D eigenvalue weighted by Gasteiger charge is -2.28. The number of hydrogen-bond acceptors (Lipinski definition) is 4. The molecule has 2 rings (SSSR count). The van der Waals surface area contributed by atoms with Gasteiger partial charge in [-0.2, -0.15) is 5.26 Å². The van der Waals surface area contributed by atoms with E-state index in [0.717, 1.165) is 0 Å². The smallest absolute Gasteiger partial charge is 0.218 e. The largest absolute Gasteiger partial charge is 0.507 e. The molecule has 160 valence electrons. The highest BCUT2D eigenvalue weighted by Crippen LogP contribution is 2.40. The van der Waals surface area contributed by atoms with Crippen LogP contribution in [0.4, 0.5) is 0 Å². The molecule has 7 heteroatoms. The molecule has 0 saturated carbocycles. The highest BCUT2D eigenvalue weighted by molar-refractivity contribution is 7.95. The molecular formula is C23H25Cl2NO3S. The van der Waals surface area contributed by atoms with Gasteiger partial charge in [-0.05, 0) is 52.8 Å². The van der Waals surface area contributed by atoms with Crippen LogP contribution in [0.25, 0.3) is 6.08 Å². The molecule has 1 N–H and O–H groups in total. The summed E-state index contributed by atoms with van der Waals surface area (Å²) in [6.07, 6.45) is 1.30. The fourth-order valence-electron chi connectivity index (χ4n) is 3.01. The van der Waals surface area contributed by atoms with Gasteiger partial charge in [0.05, 0.1) is 9.92 Å². The Bertz CT molecular complexity index is 1130. The Morgan fingerprint density at radius 1 is 1.00 bits per heavy atom. The molecule has 0 aliphatic rings. The number of rotatable bonds is 3. The molecule has 0 spiro atoms. The highest BCUT2D eigenvalue weighted by Gasteiger charge is 2.28. The second kappa shape index (κ2) is 8.26. The van der Waals surface area contributed by atoms with Gasteiger partial charge in [0.15, 0.2) is 0 Å². The Kier molecular flexibility index (Phi) is 6.68. The molecule has 4 nitrogen and oxygen atoms in total. The fourth-order valence-corrected chi connectivity index (χ4v) is 4.92. The van der Waals surface area contributed by atoms with Crippen LogP contribution in [-0.4, -0.2) is 13.5 Å². The summed E-state index contributed by atoms with van der Waals surface area (Å²) in [6.45, 7) is 11.7. The fraction of sp³-hybridized carbons (Fsp3) is 0.348. The van der Waals surface area contributed by atoms with Crippen LogP contribution in [0.5, 0.6) is 5.75 Å². The van der Waals surface area contributed by atoms with E-state index in [0.29, 0.717) is 16.7 Å². The lowest BCUT2D eigenvalue weighted by molar-refractivity contribution is 0.423. The molecule has 0 radical (unpaired) electrons. The number of aromatic hydroxyl groups is 1. The second-order valence-electron chi connectivity index (χ2n) is 9.16. The molecule has 0 atom stereocenters. The first kappa shape index (κ1) is 24.3. The zero-order valence-electron chi connectivity index (χ0n) is 17.8. The maximum Gasteiger partial charge on any atom is 0.218 e. The van der Waals surface area contributed by atoms with Crippen LogP contribution in [0.1, 0.15) is 58.2 Å². The third-order valence-corrected chi connectivity index (χ3v) is 7.01. The number of hydrogen-bond donors (Lipinski definition) is 1. The van der Waals surface area contributed by atoms with Gasteiger partial charge < -0.3 is 5.11 Å². The van der Waals surface area contributed by atoms with E-state index in [1.807, 2.05) is 41.5 Å². The Morgan fingerprint density at radius 3 is 1.93 bits per heavy atom. The minimum atomic E-state index is -4.19. The van der Waals surface area contributed by atoms with Gasteiger partial charge in [0, 0.05) is 16.1 Å². The van der Waals surface area contributed by atoms with Crippen LogP contribution < -0.4 is 0 Å². The number of phenolic OH excluding ortho intramolecular Hbond substituents is 1. The van der Waals surface area contributed by atoms with Gasteiger partial charge in [0.25, 0.3) is 0 Å². The average molecular weight is 466 g/mol. The first-order chi connectivity index (χ1) is 13.6. The summed E-state index contributed by atoms with van der Waals surface area (Å²) in [5.41, 5.74) is 1.04. The van der Waals surface area contributed by atoms with Crippen molar-refractivity contribution in [2.75, 3.05) is 0 Å². The van der Waals surface area contributed by atoms with Crippen LogP contribution in [0.3, 0.4) is 0 Å². The molecule has 0 amide bonds. The second-order valence-corrected chi connectivity index (χ2v) is 11.9.